The van der Waals surface area contributed by atoms with Gasteiger partial charge in [0.15, 0.2) is 0 Å². The molecule has 1 N–H and O–H groups in total. The standard InChI is InChI=1S/C14H20N4O/c1-6-18-12-11(7-9(4)13(18)19)10(5)16-14(17-12)15-8(2)3/h7-8H,6H2,1-5H3,(H,15,16,17). The number of aromatic nitrogens is 3. The third-order valence-corrected chi connectivity index (χ3v) is 3.05. The third kappa shape index (κ3) is 2.45. The molecule has 2 aromatic heterocycles. The van der Waals surface area contributed by atoms with E-state index in [2.05, 4.69) is 15.3 Å². The van der Waals surface area contributed by atoms with E-state index in [0.717, 1.165) is 16.6 Å². The van der Waals surface area contributed by atoms with Crippen LogP contribution in [0.5, 0.6) is 0 Å². The number of hydrogen-bond acceptors (Lipinski definition) is 4. The maximum atomic E-state index is 12.1. The Morgan fingerprint density at radius 2 is 2.00 bits per heavy atom. The van der Waals surface area contributed by atoms with Gasteiger partial charge in [0.05, 0.1) is 5.69 Å². The molecule has 0 saturated carbocycles. The van der Waals surface area contributed by atoms with Gasteiger partial charge in [0.1, 0.15) is 5.65 Å². The summed E-state index contributed by atoms with van der Waals surface area (Å²) >= 11 is 0. The molecule has 5 heteroatoms. The molecule has 0 unspecified atom stereocenters. The second-order valence-corrected chi connectivity index (χ2v) is 5.05. The van der Waals surface area contributed by atoms with Crippen molar-refractivity contribution in [1.29, 1.82) is 0 Å². The van der Waals surface area contributed by atoms with Crippen LogP contribution in [-0.4, -0.2) is 20.6 Å². The molecule has 0 aromatic carbocycles. The first-order valence-corrected chi connectivity index (χ1v) is 6.59. The molecular weight excluding hydrogens is 240 g/mol. The number of fused-ring (bicyclic) bond motifs is 1. The van der Waals surface area contributed by atoms with Crippen LogP contribution in [0.3, 0.4) is 0 Å². The Kier molecular flexibility index (Phi) is 3.55. The second kappa shape index (κ2) is 4.99. The summed E-state index contributed by atoms with van der Waals surface area (Å²) in [6, 6.07) is 2.13. The van der Waals surface area contributed by atoms with E-state index in [1.807, 2.05) is 40.7 Å². The summed E-state index contributed by atoms with van der Waals surface area (Å²) in [5.41, 5.74) is 2.33. The smallest absolute Gasteiger partial charge is 0.255 e. The first-order chi connectivity index (χ1) is 8.93. The normalized spacial score (nSPS) is 11.3. The van der Waals surface area contributed by atoms with Crippen molar-refractivity contribution in [2.24, 2.45) is 0 Å². The van der Waals surface area contributed by atoms with Crippen molar-refractivity contribution in [2.75, 3.05) is 5.32 Å². The van der Waals surface area contributed by atoms with E-state index < -0.39 is 0 Å². The highest BCUT2D eigenvalue weighted by molar-refractivity contribution is 5.79. The van der Waals surface area contributed by atoms with Crippen LogP contribution < -0.4 is 10.9 Å². The molecule has 2 heterocycles. The lowest BCUT2D eigenvalue weighted by Crippen LogP contribution is -2.23. The monoisotopic (exact) mass is 260 g/mol. The summed E-state index contributed by atoms with van der Waals surface area (Å²) in [6.07, 6.45) is 0. The van der Waals surface area contributed by atoms with E-state index in [0.29, 0.717) is 18.1 Å². The van der Waals surface area contributed by atoms with E-state index in [9.17, 15) is 4.79 Å². The van der Waals surface area contributed by atoms with Crippen molar-refractivity contribution < 1.29 is 0 Å². The Bertz CT molecular complexity index is 673. The molecule has 19 heavy (non-hydrogen) atoms. The minimum atomic E-state index is 0.0172. The molecule has 0 aliphatic rings. The van der Waals surface area contributed by atoms with E-state index in [-0.39, 0.29) is 11.6 Å². The zero-order valence-electron chi connectivity index (χ0n) is 12.1. The fraction of sp³-hybridized carbons (Fsp3) is 0.500. The molecule has 0 spiro atoms. The van der Waals surface area contributed by atoms with Crippen LogP contribution in [0.25, 0.3) is 11.0 Å². The summed E-state index contributed by atoms with van der Waals surface area (Å²) in [5.74, 6) is 0.574. The molecule has 0 fully saturated rings. The third-order valence-electron chi connectivity index (χ3n) is 3.05. The topological polar surface area (TPSA) is 59.8 Å². The Morgan fingerprint density at radius 1 is 1.32 bits per heavy atom. The summed E-state index contributed by atoms with van der Waals surface area (Å²) in [5, 5.41) is 4.12. The number of rotatable bonds is 3. The molecule has 5 nitrogen and oxygen atoms in total. The quantitative estimate of drug-likeness (QED) is 0.919. The van der Waals surface area contributed by atoms with E-state index in [1.54, 1.807) is 4.57 Å². The second-order valence-electron chi connectivity index (χ2n) is 5.05. The van der Waals surface area contributed by atoms with Crippen molar-refractivity contribution in [2.45, 2.75) is 47.2 Å². The fourth-order valence-electron chi connectivity index (χ4n) is 2.14. The molecule has 0 amide bonds. The van der Waals surface area contributed by atoms with Crippen molar-refractivity contribution in [3.63, 3.8) is 0 Å². The molecular formula is C14H20N4O. The van der Waals surface area contributed by atoms with Gasteiger partial charge in [-0.3, -0.25) is 9.36 Å². The lowest BCUT2D eigenvalue weighted by molar-refractivity contribution is 0.741. The van der Waals surface area contributed by atoms with Gasteiger partial charge in [0.25, 0.3) is 5.56 Å². The molecule has 0 saturated heterocycles. The summed E-state index contributed by atoms with van der Waals surface area (Å²) in [4.78, 5) is 21.1. The van der Waals surface area contributed by atoms with Crippen LogP contribution in [0.4, 0.5) is 5.95 Å². The summed E-state index contributed by atoms with van der Waals surface area (Å²) in [6.45, 7) is 10.4. The van der Waals surface area contributed by atoms with Gasteiger partial charge in [-0.25, -0.2) is 4.98 Å². The van der Waals surface area contributed by atoms with E-state index in [1.165, 1.54) is 0 Å². The largest absolute Gasteiger partial charge is 0.352 e. The van der Waals surface area contributed by atoms with Gasteiger partial charge in [0.2, 0.25) is 5.95 Å². The van der Waals surface area contributed by atoms with Gasteiger partial charge >= 0.3 is 0 Å². The fourth-order valence-corrected chi connectivity index (χ4v) is 2.14. The highest BCUT2D eigenvalue weighted by atomic mass is 16.1. The maximum Gasteiger partial charge on any atom is 0.255 e. The van der Waals surface area contributed by atoms with Crippen LogP contribution in [0.2, 0.25) is 0 Å². The average Bonchev–Trinajstić information content (AvgIpc) is 2.31. The highest BCUT2D eigenvalue weighted by Crippen LogP contribution is 2.17. The van der Waals surface area contributed by atoms with Gasteiger partial charge in [-0.05, 0) is 40.7 Å². The highest BCUT2D eigenvalue weighted by Gasteiger charge is 2.11. The number of anilines is 1. The Balaban J connectivity index is 2.78. The average molecular weight is 260 g/mol. The van der Waals surface area contributed by atoms with Crippen molar-refractivity contribution in [3.8, 4) is 0 Å². The Labute approximate surface area is 112 Å². The lowest BCUT2D eigenvalue weighted by Gasteiger charge is -2.13. The minimum Gasteiger partial charge on any atom is -0.352 e. The van der Waals surface area contributed by atoms with Gasteiger partial charge < -0.3 is 5.32 Å². The SMILES string of the molecule is CCn1c(=O)c(C)cc2c(C)nc(NC(C)C)nc21. The van der Waals surface area contributed by atoms with E-state index in [4.69, 9.17) is 0 Å². The van der Waals surface area contributed by atoms with Crippen molar-refractivity contribution in [1.82, 2.24) is 14.5 Å². The van der Waals surface area contributed by atoms with Gasteiger partial charge in [-0.15, -0.1) is 0 Å². The first kappa shape index (κ1) is 13.5. The molecule has 102 valence electrons. The number of pyridine rings is 1. The van der Waals surface area contributed by atoms with Gasteiger partial charge in [-0.2, -0.15) is 4.98 Å². The number of hydrogen-bond donors (Lipinski definition) is 1. The van der Waals surface area contributed by atoms with E-state index >= 15 is 0 Å². The summed E-state index contributed by atoms with van der Waals surface area (Å²) in [7, 11) is 0. The van der Waals surface area contributed by atoms with Crippen LogP contribution in [0.1, 0.15) is 32.0 Å². The Hall–Kier alpha value is -1.91. The van der Waals surface area contributed by atoms with Crippen molar-refractivity contribution >= 4 is 17.0 Å². The first-order valence-electron chi connectivity index (χ1n) is 6.59. The minimum absolute atomic E-state index is 0.0172. The van der Waals surface area contributed by atoms with Gasteiger partial charge in [0, 0.05) is 23.5 Å². The zero-order valence-corrected chi connectivity index (χ0v) is 12.1. The number of nitrogens with zero attached hydrogens (tertiary/aromatic N) is 3. The molecule has 0 aliphatic carbocycles. The predicted molar refractivity (Wildman–Crippen MR) is 77.7 cm³/mol. The van der Waals surface area contributed by atoms with Crippen LogP contribution >= 0.6 is 0 Å². The van der Waals surface area contributed by atoms with Crippen LogP contribution in [0, 0.1) is 13.8 Å². The molecule has 0 aliphatic heterocycles. The summed E-state index contributed by atoms with van der Waals surface area (Å²) < 4.78 is 1.70. The molecule has 2 rings (SSSR count). The van der Waals surface area contributed by atoms with Crippen LogP contribution in [0.15, 0.2) is 10.9 Å². The zero-order chi connectivity index (χ0) is 14.2. The predicted octanol–water partition coefficient (Wildman–Crippen LogP) is 2.25. The lowest BCUT2D eigenvalue weighted by atomic mass is 10.2. The molecule has 2 aromatic rings. The molecule has 0 atom stereocenters. The van der Waals surface area contributed by atoms with Gasteiger partial charge in [-0.1, -0.05) is 0 Å². The molecule has 0 radical (unpaired) electrons. The molecule has 0 bridgehead atoms. The number of aryl methyl sites for hydroxylation is 3. The number of nitrogens with one attached hydrogen (secondary N) is 1. The Morgan fingerprint density at radius 3 is 2.58 bits per heavy atom. The van der Waals surface area contributed by atoms with Crippen molar-refractivity contribution in [3.05, 3.63) is 27.7 Å². The van der Waals surface area contributed by atoms with Crippen LogP contribution in [-0.2, 0) is 6.54 Å². The maximum absolute atomic E-state index is 12.1.